The van der Waals surface area contributed by atoms with Gasteiger partial charge in [-0.25, -0.2) is 0 Å². The minimum atomic E-state index is -0.316. The maximum Gasteiger partial charge on any atom is 0.242 e. The van der Waals surface area contributed by atoms with E-state index < -0.39 is 0 Å². The van der Waals surface area contributed by atoms with Crippen LogP contribution in [0.4, 0.5) is 0 Å². The molecule has 1 aliphatic heterocycles. The van der Waals surface area contributed by atoms with Gasteiger partial charge in [-0.05, 0) is 23.3 Å². The third-order valence-electron chi connectivity index (χ3n) is 4.54. The summed E-state index contributed by atoms with van der Waals surface area (Å²) < 4.78 is 16.3. The van der Waals surface area contributed by atoms with Crippen LogP contribution in [0.15, 0.2) is 42.5 Å². The second-order valence-electron chi connectivity index (χ2n) is 6.11. The van der Waals surface area contributed by atoms with Crippen LogP contribution in [-0.4, -0.2) is 45.2 Å². The molecule has 1 fully saturated rings. The lowest BCUT2D eigenvalue weighted by Crippen LogP contribution is -2.49. The standard InChI is InChI=1S/C20H24N2O4/c1-24-16-11-14(12-17(25-2)19(16)26-3)13-22-10-9-21-20(23)18(22)15-7-5-4-6-8-15/h4-8,11-12,18H,9-10,13H2,1-3H3,(H,21,23). The highest BCUT2D eigenvalue weighted by atomic mass is 16.5. The minimum Gasteiger partial charge on any atom is -0.493 e. The van der Waals surface area contributed by atoms with Gasteiger partial charge in [0.1, 0.15) is 6.04 Å². The fourth-order valence-electron chi connectivity index (χ4n) is 3.34. The zero-order valence-electron chi connectivity index (χ0n) is 15.3. The molecule has 0 saturated carbocycles. The molecule has 138 valence electrons. The Kier molecular flexibility index (Phi) is 5.63. The van der Waals surface area contributed by atoms with Gasteiger partial charge >= 0.3 is 0 Å². The molecule has 26 heavy (non-hydrogen) atoms. The Balaban J connectivity index is 1.92. The number of nitrogens with zero attached hydrogens (tertiary/aromatic N) is 1. The van der Waals surface area contributed by atoms with Gasteiger partial charge in [0.05, 0.1) is 21.3 Å². The van der Waals surface area contributed by atoms with Crippen molar-refractivity contribution in [2.45, 2.75) is 12.6 Å². The van der Waals surface area contributed by atoms with Gasteiger partial charge in [0.25, 0.3) is 0 Å². The largest absolute Gasteiger partial charge is 0.493 e. The summed E-state index contributed by atoms with van der Waals surface area (Å²) in [6.45, 7) is 2.00. The quantitative estimate of drug-likeness (QED) is 0.861. The number of ether oxygens (including phenoxy) is 3. The third-order valence-corrected chi connectivity index (χ3v) is 4.54. The van der Waals surface area contributed by atoms with E-state index in [1.54, 1.807) is 21.3 Å². The third kappa shape index (κ3) is 3.60. The summed E-state index contributed by atoms with van der Waals surface area (Å²) in [4.78, 5) is 14.7. The summed E-state index contributed by atoms with van der Waals surface area (Å²) in [6.07, 6.45) is 0. The molecule has 1 heterocycles. The van der Waals surface area contributed by atoms with E-state index in [4.69, 9.17) is 14.2 Å². The molecule has 0 radical (unpaired) electrons. The first-order chi connectivity index (χ1) is 12.7. The molecule has 2 aromatic carbocycles. The number of nitrogens with one attached hydrogen (secondary N) is 1. The summed E-state index contributed by atoms with van der Waals surface area (Å²) in [5.41, 5.74) is 1.98. The highest BCUT2D eigenvalue weighted by Gasteiger charge is 2.31. The summed E-state index contributed by atoms with van der Waals surface area (Å²) in [7, 11) is 4.78. The van der Waals surface area contributed by atoms with Gasteiger partial charge in [0, 0.05) is 19.6 Å². The molecule has 6 heteroatoms. The number of carbonyl (C=O) groups is 1. The molecule has 0 spiro atoms. The summed E-state index contributed by atoms with van der Waals surface area (Å²) >= 11 is 0. The van der Waals surface area contributed by atoms with E-state index in [1.165, 1.54) is 0 Å². The average molecular weight is 356 g/mol. The Labute approximate surface area is 153 Å². The fourth-order valence-corrected chi connectivity index (χ4v) is 3.34. The van der Waals surface area contributed by atoms with Crippen molar-refractivity contribution in [3.8, 4) is 17.2 Å². The van der Waals surface area contributed by atoms with Crippen LogP contribution < -0.4 is 19.5 Å². The maximum absolute atomic E-state index is 12.5. The average Bonchev–Trinajstić information content (AvgIpc) is 2.68. The molecule has 1 atom stereocenters. The number of hydrogen-bond donors (Lipinski definition) is 1. The van der Waals surface area contributed by atoms with Gasteiger partial charge in [0.2, 0.25) is 11.7 Å². The van der Waals surface area contributed by atoms with Gasteiger partial charge in [-0.1, -0.05) is 30.3 Å². The summed E-state index contributed by atoms with van der Waals surface area (Å²) in [6, 6.07) is 13.4. The van der Waals surface area contributed by atoms with E-state index >= 15 is 0 Å². The molecule has 1 saturated heterocycles. The smallest absolute Gasteiger partial charge is 0.242 e. The van der Waals surface area contributed by atoms with Crippen molar-refractivity contribution in [3.05, 3.63) is 53.6 Å². The zero-order chi connectivity index (χ0) is 18.5. The molecule has 6 nitrogen and oxygen atoms in total. The highest BCUT2D eigenvalue weighted by molar-refractivity contribution is 5.83. The Hall–Kier alpha value is -2.73. The van der Waals surface area contributed by atoms with Crippen LogP contribution in [0.1, 0.15) is 17.2 Å². The highest BCUT2D eigenvalue weighted by Crippen LogP contribution is 2.39. The number of hydrogen-bond acceptors (Lipinski definition) is 5. The molecule has 0 aliphatic carbocycles. The molecular formula is C20H24N2O4. The fraction of sp³-hybridized carbons (Fsp3) is 0.350. The van der Waals surface area contributed by atoms with Crippen molar-refractivity contribution in [3.63, 3.8) is 0 Å². The molecule has 0 bridgehead atoms. The topological polar surface area (TPSA) is 60.0 Å². The van der Waals surface area contributed by atoms with Gasteiger partial charge < -0.3 is 19.5 Å². The van der Waals surface area contributed by atoms with Crippen molar-refractivity contribution in [2.75, 3.05) is 34.4 Å². The Morgan fingerprint density at radius 2 is 1.69 bits per heavy atom. The zero-order valence-corrected chi connectivity index (χ0v) is 15.3. The molecule has 1 aliphatic rings. The normalized spacial score (nSPS) is 17.5. The predicted octanol–water partition coefficient (Wildman–Crippen LogP) is 2.39. The van der Waals surface area contributed by atoms with E-state index in [9.17, 15) is 4.79 Å². The molecule has 1 amide bonds. The lowest BCUT2D eigenvalue weighted by atomic mass is 10.0. The van der Waals surface area contributed by atoms with E-state index in [0.717, 1.165) is 17.7 Å². The van der Waals surface area contributed by atoms with E-state index in [1.807, 2.05) is 42.5 Å². The van der Waals surface area contributed by atoms with E-state index in [0.29, 0.717) is 30.3 Å². The monoisotopic (exact) mass is 356 g/mol. The summed E-state index contributed by atoms with van der Waals surface area (Å²) in [5.74, 6) is 1.81. The number of amides is 1. The number of carbonyl (C=O) groups excluding carboxylic acids is 1. The molecule has 1 unspecified atom stereocenters. The Bertz CT molecular complexity index is 739. The van der Waals surface area contributed by atoms with E-state index in [-0.39, 0.29) is 11.9 Å². The first-order valence-corrected chi connectivity index (χ1v) is 8.53. The van der Waals surface area contributed by atoms with Crippen LogP contribution in [0.3, 0.4) is 0 Å². The van der Waals surface area contributed by atoms with Crippen molar-refractivity contribution in [1.29, 1.82) is 0 Å². The van der Waals surface area contributed by atoms with Crippen molar-refractivity contribution in [2.24, 2.45) is 0 Å². The second-order valence-corrected chi connectivity index (χ2v) is 6.11. The molecular weight excluding hydrogens is 332 g/mol. The number of piperazine rings is 1. The van der Waals surface area contributed by atoms with Crippen LogP contribution in [0.2, 0.25) is 0 Å². The number of benzene rings is 2. The van der Waals surface area contributed by atoms with E-state index in [2.05, 4.69) is 10.2 Å². The summed E-state index contributed by atoms with van der Waals surface area (Å²) in [5, 5.41) is 2.96. The molecule has 2 aromatic rings. The second kappa shape index (κ2) is 8.10. The molecule has 0 aromatic heterocycles. The van der Waals surface area contributed by atoms with Gasteiger partial charge in [-0.3, -0.25) is 9.69 Å². The molecule has 3 rings (SSSR count). The minimum absolute atomic E-state index is 0.0230. The lowest BCUT2D eigenvalue weighted by Gasteiger charge is -2.35. The van der Waals surface area contributed by atoms with Gasteiger partial charge in [0.15, 0.2) is 11.5 Å². The van der Waals surface area contributed by atoms with Crippen LogP contribution in [0, 0.1) is 0 Å². The van der Waals surface area contributed by atoms with Crippen molar-refractivity contribution in [1.82, 2.24) is 10.2 Å². The van der Waals surface area contributed by atoms with Gasteiger partial charge in [-0.2, -0.15) is 0 Å². The Morgan fingerprint density at radius 1 is 1.04 bits per heavy atom. The van der Waals surface area contributed by atoms with Crippen LogP contribution >= 0.6 is 0 Å². The first kappa shape index (κ1) is 18.1. The van der Waals surface area contributed by atoms with Gasteiger partial charge in [-0.15, -0.1) is 0 Å². The molecule has 1 N–H and O–H groups in total. The van der Waals surface area contributed by atoms with Crippen molar-refractivity contribution < 1.29 is 19.0 Å². The van der Waals surface area contributed by atoms with Crippen LogP contribution in [0.25, 0.3) is 0 Å². The van der Waals surface area contributed by atoms with Crippen LogP contribution in [-0.2, 0) is 11.3 Å². The predicted molar refractivity (Wildman–Crippen MR) is 98.7 cm³/mol. The van der Waals surface area contributed by atoms with Crippen LogP contribution in [0.5, 0.6) is 17.2 Å². The van der Waals surface area contributed by atoms with Crippen molar-refractivity contribution >= 4 is 5.91 Å². The first-order valence-electron chi connectivity index (χ1n) is 8.53. The maximum atomic E-state index is 12.5. The Morgan fingerprint density at radius 3 is 2.27 bits per heavy atom. The number of rotatable bonds is 6. The number of methoxy groups -OCH3 is 3. The lowest BCUT2D eigenvalue weighted by molar-refractivity contribution is -0.129. The SMILES string of the molecule is COc1cc(CN2CCNC(=O)C2c2ccccc2)cc(OC)c1OC.